The number of carbonyl (C=O) groups is 2. The van der Waals surface area contributed by atoms with Gasteiger partial charge in [-0.2, -0.15) is 0 Å². The quantitative estimate of drug-likeness (QED) is 0.706. The van der Waals surface area contributed by atoms with E-state index < -0.39 is 6.04 Å². The Kier molecular flexibility index (Phi) is 7.21. The third-order valence-corrected chi connectivity index (χ3v) is 4.30. The van der Waals surface area contributed by atoms with Gasteiger partial charge in [0, 0.05) is 15.7 Å². The number of nitrogens with one attached hydrogen (secondary N) is 2. The lowest BCUT2D eigenvalue weighted by Crippen LogP contribution is -2.47. The van der Waals surface area contributed by atoms with Gasteiger partial charge in [-0.3, -0.25) is 9.59 Å². The second kappa shape index (κ2) is 9.38. The van der Waals surface area contributed by atoms with Crippen LogP contribution in [0.2, 0.25) is 0 Å². The molecule has 138 valence electrons. The van der Waals surface area contributed by atoms with Crippen LogP contribution in [0.3, 0.4) is 0 Å². The van der Waals surface area contributed by atoms with Crippen LogP contribution in [0.15, 0.2) is 53.0 Å². The molecule has 0 unspecified atom stereocenters. The summed E-state index contributed by atoms with van der Waals surface area (Å²) < 4.78 is 6.28. The van der Waals surface area contributed by atoms with Crippen LogP contribution >= 0.6 is 15.9 Å². The SMILES string of the molecule is CCOc1ccc(NC(=O)[C@@H](NC(=O)c2ccc(Br)cc2)C(C)C)cc1. The monoisotopic (exact) mass is 418 g/mol. The molecule has 0 aliphatic rings. The number of rotatable bonds is 7. The summed E-state index contributed by atoms with van der Waals surface area (Å²) in [5.74, 6) is 0.152. The van der Waals surface area contributed by atoms with Crippen molar-refractivity contribution in [3.8, 4) is 5.75 Å². The number of anilines is 1. The number of benzene rings is 2. The largest absolute Gasteiger partial charge is 0.494 e. The lowest BCUT2D eigenvalue weighted by Gasteiger charge is -2.22. The molecule has 6 heteroatoms. The fourth-order valence-corrected chi connectivity index (χ4v) is 2.65. The van der Waals surface area contributed by atoms with E-state index in [4.69, 9.17) is 4.74 Å². The van der Waals surface area contributed by atoms with E-state index in [1.807, 2.05) is 20.8 Å². The highest BCUT2D eigenvalue weighted by Crippen LogP contribution is 2.17. The van der Waals surface area contributed by atoms with Crippen LogP contribution in [-0.4, -0.2) is 24.5 Å². The molecule has 1 atom stereocenters. The van der Waals surface area contributed by atoms with Crippen LogP contribution in [0, 0.1) is 5.92 Å². The topological polar surface area (TPSA) is 67.4 Å². The zero-order valence-corrected chi connectivity index (χ0v) is 16.7. The molecule has 2 amide bonds. The zero-order chi connectivity index (χ0) is 19.1. The van der Waals surface area contributed by atoms with Gasteiger partial charge in [-0.1, -0.05) is 29.8 Å². The van der Waals surface area contributed by atoms with Crippen LogP contribution < -0.4 is 15.4 Å². The van der Waals surface area contributed by atoms with Crippen molar-refractivity contribution in [3.63, 3.8) is 0 Å². The molecule has 0 saturated heterocycles. The van der Waals surface area contributed by atoms with Gasteiger partial charge in [0.05, 0.1) is 6.61 Å². The molecule has 0 aliphatic heterocycles. The summed E-state index contributed by atoms with van der Waals surface area (Å²) in [6, 6.07) is 13.5. The van der Waals surface area contributed by atoms with Gasteiger partial charge in [-0.25, -0.2) is 0 Å². The van der Waals surface area contributed by atoms with Crippen molar-refractivity contribution in [1.29, 1.82) is 0 Å². The number of halogens is 1. The van der Waals surface area contributed by atoms with E-state index in [9.17, 15) is 9.59 Å². The Morgan fingerprint density at radius 1 is 1.04 bits per heavy atom. The third-order valence-electron chi connectivity index (χ3n) is 3.78. The highest BCUT2D eigenvalue weighted by molar-refractivity contribution is 9.10. The minimum Gasteiger partial charge on any atom is -0.494 e. The van der Waals surface area contributed by atoms with Crippen molar-refractivity contribution in [3.05, 3.63) is 58.6 Å². The first-order chi connectivity index (χ1) is 12.4. The van der Waals surface area contributed by atoms with E-state index in [0.29, 0.717) is 17.9 Å². The van der Waals surface area contributed by atoms with Crippen LogP contribution in [0.5, 0.6) is 5.75 Å². The molecule has 0 bridgehead atoms. The van der Waals surface area contributed by atoms with Gasteiger partial charge in [0.15, 0.2) is 0 Å². The molecule has 2 rings (SSSR count). The number of carbonyl (C=O) groups excluding carboxylic acids is 2. The van der Waals surface area contributed by atoms with Gasteiger partial charge in [-0.15, -0.1) is 0 Å². The molecule has 0 fully saturated rings. The van der Waals surface area contributed by atoms with E-state index in [2.05, 4.69) is 26.6 Å². The molecule has 5 nitrogen and oxygen atoms in total. The molecule has 2 aromatic rings. The Balaban J connectivity index is 2.04. The van der Waals surface area contributed by atoms with Crippen molar-refractivity contribution in [2.24, 2.45) is 5.92 Å². The van der Waals surface area contributed by atoms with Crippen molar-refractivity contribution >= 4 is 33.4 Å². The summed E-state index contributed by atoms with van der Waals surface area (Å²) in [6.45, 7) is 6.29. The Morgan fingerprint density at radius 3 is 2.19 bits per heavy atom. The lowest BCUT2D eigenvalue weighted by molar-refractivity contribution is -0.118. The summed E-state index contributed by atoms with van der Waals surface area (Å²) in [6.07, 6.45) is 0. The van der Waals surface area contributed by atoms with E-state index in [1.165, 1.54) is 0 Å². The zero-order valence-electron chi connectivity index (χ0n) is 15.1. The number of ether oxygens (including phenoxy) is 1. The van der Waals surface area contributed by atoms with Gasteiger partial charge in [0.1, 0.15) is 11.8 Å². The van der Waals surface area contributed by atoms with E-state index in [1.54, 1.807) is 48.5 Å². The number of hydrogen-bond acceptors (Lipinski definition) is 3. The first kappa shape index (κ1) is 20.0. The fraction of sp³-hybridized carbons (Fsp3) is 0.300. The van der Waals surface area contributed by atoms with Crippen LogP contribution in [-0.2, 0) is 4.79 Å². The predicted molar refractivity (Wildman–Crippen MR) is 106 cm³/mol. The summed E-state index contributed by atoms with van der Waals surface area (Å²) in [7, 11) is 0. The number of hydrogen-bond donors (Lipinski definition) is 2. The minimum atomic E-state index is -0.641. The van der Waals surface area contributed by atoms with Gasteiger partial charge < -0.3 is 15.4 Å². The van der Waals surface area contributed by atoms with Crippen molar-refractivity contribution in [1.82, 2.24) is 5.32 Å². The van der Waals surface area contributed by atoms with Crippen LogP contribution in [0.1, 0.15) is 31.1 Å². The van der Waals surface area contributed by atoms with Gasteiger partial charge in [0.25, 0.3) is 5.91 Å². The van der Waals surface area contributed by atoms with Gasteiger partial charge in [0.2, 0.25) is 5.91 Å². The number of amides is 2. The smallest absolute Gasteiger partial charge is 0.251 e. The summed E-state index contributed by atoms with van der Waals surface area (Å²) >= 11 is 3.34. The summed E-state index contributed by atoms with van der Waals surface area (Å²) in [5.41, 5.74) is 1.16. The molecule has 0 spiro atoms. The molecular weight excluding hydrogens is 396 g/mol. The van der Waals surface area contributed by atoms with Gasteiger partial charge in [-0.05, 0) is 61.4 Å². The van der Waals surface area contributed by atoms with Crippen molar-refractivity contribution < 1.29 is 14.3 Å². The average Bonchev–Trinajstić information content (AvgIpc) is 2.61. The first-order valence-electron chi connectivity index (χ1n) is 8.51. The highest BCUT2D eigenvalue weighted by Gasteiger charge is 2.24. The Hall–Kier alpha value is -2.34. The molecule has 0 saturated carbocycles. The normalized spacial score (nSPS) is 11.7. The molecule has 0 aliphatic carbocycles. The minimum absolute atomic E-state index is 0.0582. The Morgan fingerprint density at radius 2 is 1.65 bits per heavy atom. The molecule has 0 heterocycles. The maximum absolute atomic E-state index is 12.6. The second-order valence-corrected chi connectivity index (χ2v) is 7.06. The Bertz CT molecular complexity index is 743. The molecular formula is C20H23BrN2O3. The van der Waals surface area contributed by atoms with Crippen LogP contribution in [0.25, 0.3) is 0 Å². The van der Waals surface area contributed by atoms with E-state index in [0.717, 1.165) is 10.2 Å². The van der Waals surface area contributed by atoms with Crippen molar-refractivity contribution in [2.75, 3.05) is 11.9 Å². The lowest BCUT2D eigenvalue weighted by atomic mass is 10.0. The third kappa shape index (κ3) is 5.59. The maximum atomic E-state index is 12.6. The van der Waals surface area contributed by atoms with E-state index >= 15 is 0 Å². The molecule has 0 radical (unpaired) electrons. The molecule has 0 aromatic heterocycles. The molecule has 26 heavy (non-hydrogen) atoms. The van der Waals surface area contributed by atoms with Crippen LogP contribution in [0.4, 0.5) is 5.69 Å². The first-order valence-corrected chi connectivity index (χ1v) is 9.30. The predicted octanol–water partition coefficient (Wildman–Crippen LogP) is 4.24. The van der Waals surface area contributed by atoms with Gasteiger partial charge >= 0.3 is 0 Å². The highest BCUT2D eigenvalue weighted by atomic mass is 79.9. The summed E-state index contributed by atoms with van der Waals surface area (Å²) in [5, 5.41) is 5.65. The average molecular weight is 419 g/mol. The Labute approximate surface area is 162 Å². The molecule has 2 N–H and O–H groups in total. The fourth-order valence-electron chi connectivity index (χ4n) is 2.38. The van der Waals surface area contributed by atoms with E-state index in [-0.39, 0.29) is 17.7 Å². The maximum Gasteiger partial charge on any atom is 0.251 e. The second-order valence-electron chi connectivity index (χ2n) is 6.15. The van der Waals surface area contributed by atoms with Crippen molar-refractivity contribution in [2.45, 2.75) is 26.8 Å². The standard InChI is InChI=1S/C20H23BrN2O3/c1-4-26-17-11-9-16(10-12-17)22-20(25)18(13(2)3)23-19(24)14-5-7-15(21)8-6-14/h5-13,18H,4H2,1-3H3,(H,22,25)(H,23,24)/t18-/m0/s1. The summed E-state index contributed by atoms with van der Waals surface area (Å²) in [4.78, 5) is 25.0. The molecule has 2 aromatic carbocycles.